The number of rotatable bonds is 0. The lowest BCUT2D eigenvalue weighted by Gasteiger charge is -2.24. The Balaban J connectivity index is 1.95. The van der Waals surface area contributed by atoms with E-state index in [0.29, 0.717) is 0 Å². The second-order valence-corrected chi connectivity index (χ2v) is 4.81. The molecule has 0 radical (unpaired) electrons. The molecule has 4 fully saturated rings. The summed E-state index contributed by atoms with van der Waals surface area (Å²) in [7, 11) is 0. The van der Waals surface area contributed by atoms with Gasteiger partial charge in [0.1, 0.15) is 0 Å². The van der Waals surface area contributed by atoms with Crippen molar-refractivity contribution >= 4 is 0 Å². The summed E-state index contributed by atoms with van der Waals surface area (Å²) in [6.45, 7) is 0. The Kier molecular flexibility index (Phi) is 0.329. The first-order valence-corrected chi connectivity index (χ1v) is 4.39. The molecule has 0 bridgehead atoms. The predicted octanol–water partition coefficient (Wildman–Crippen LogP) is 2.20. The van der Waals surface area contributed by atoms with Crippen molar-refractivity contribution < 1.29 is 0 Å². The normalized spacial score (nSPS) is 80.0. The van der Waals surface area contributed by atoms with Crippen molar-refractivity contribution in [1.29, 1.82) is 0 Å². The maximum absolute atomic E-state index is 1.66. The summed E-state index contributed by atoms with van der Waals surface area (Å²) in [6.07, 6.45) is 8.10. The molecule has 4 rings (SSSR count). The van der Waals surface area contributed by atoms with Crippen LogP contribution in [0.2, 0.25) is 0 Å². The van der Waals surface area contributed by atoms with E-state index in [2.05, 4.69) is 0 Å². The molecule has 0 aromatic carbocycles. The first-order valence-electron chi connectivity index (χ1n) is 4.39. The zero-order chi connectivity index (χ0) is 5.69. The summed E-state index contributed by atoms with van der Waals surface area (Å²) in [5.74, 6) is 2.52. The van der Waals surface area contributed by atoms with Crippen molar-refractivity contribution in [1.82, 2.24) is 0 Å². The van der Waals surface area contributed by atoms with Crippen molar-refractivity contribution in [2.45, 2.75) is 32.1 Å². The van der Waals surface area contributed by atoms with Gasteiger partial charge in [0.25, 0.3) is 0 Å². The van der Waals surface area contributed by atoms with Crippen molar-refractivity contribution in [3.63, 3.8) is 0 Å². The minimum Gasteiger partial charge on any atom is -0.0525 e. The molecule has 4 atom stereocenters. The van der Waals surface area contributed by atoms with Crippen LogP contribution in [0.25, 0.3) is 0 Å². The molecule has 0 aromatic rings. The summed E-state index contributed by atoms with van der Waals surface area (Å²) >= 11 is 0. The maximum atomic E-state index is 1.66. The summed E-state index contributed by atoms with van der Waals surface area (Å²) in [5, 5.41) is 0. The summed E-state index contributed by atoms with van der Waals surface area (Å²) < 4.78 is 0. The molecule has 0 saturated heterocycles. The first kappa shape index (κ1) is 4.00. The number of hydrogen-bond donors (Lipinski definition) is 0. The van der Waals surface area contributed by atoms with Gasteiger partial charge in [-0.25, -0.2) is 0 Å². The lowest BCUT2D eigenvalue weighted by molar-refractivity contribution is 0.248. The van der Waals surface area contributed by atoms with E-state index in [1.807, 2.05) is 0 Å². The van der Waals surface area contributed by atoms with E-state index in [-0.39, 0.29) is 0 Å². The van der Waals surface area contributed by atoms with Gasteiger partial charge in [-0.05, 0) is 48.3 Å². The Bertz CT molecular complexity index is 195. The largest absolute Gasteiger partial charge is 0.0525 e. The highest BCUT2D eigenvalue weighted by atomic mass is 15.0. The van der Waals surface area contributed by atoms with Crippen molar-refractivity contribution in [2.75, 3.05) is 0 Å². The van der Waals surface area contributed by atoms with Crippen LogP contribution in [0.4, 0.5) is 0 Å². The van der Waals surface area contributed by atoms with Crippen LogP contribution in [-0.2, 0) is 0 Å². The standard InChI is InChI=1S/C9H12/c1-2-6-7-4-8(3-1)5-9(6,7)8/h6-7H,1-5H2. The molecular formula is C9H12. The molecule has 0 amide bonds. The van der Waals surface area contributed by atoms with E-state index in [4.69, 9.17) is 0 Å². The topological polar surface area (TPSA) is 0 Å². The predicted molar refractivity (Wildman–Crippen MR) is 34.9 cm³/mol. The SMILES string of the molecule is C1CC2C3CC4(C1)CC234. The average Bonchev–Trinajstić information content (AvgIpc) is 2.62. The molecule has 0 heterocycles. The zero-order valence-electron chi connectivity index (χ0n) is 5.69. The van der Waals surface area contributed by atoms with Crippen LogP contribution < -0.4 is 0 Å². The van der Waals surface area contributed by atoms with Crippen LogP contribution in [0.15, 0.2) is 0 Å². The molecule has 4 unspecified atom stereocenters. The van der Waals surface area contributed by atoms with Crippen molar-refractivity contribution in [2.24, 2.45) is 22.7 Å². The number of fused-ring (bicyclic) bond motifs is 1. The fourth-order valence-electron chi connectivity index (χ4n) is 4.59. The van der Waals surface area contributed by atoms with E-state index < -0.39 is 0 Å². The Labute approximate surface area is 55.6 Å². The number of hydrogen-bond acceptors (Lipinski definition) is 0. The summed E-state index contributed by atoms with van der Waals surface area (Å²) in [5.41, 5.74) is 2.05. The molecule has 0 aliphatic heterocycles. The fraction of sp³-hybridized carbons (Fsp3) is 1.00. The summed E-state index contributed by atoms with van der Waals surface area (Å²) in [6, 6.07) is 0. The Morgan fingerprint density at radius 1 is 1.22 bits per heavy atom. The fourth-order valence-corrected chi connectivity index (χ4v) is 4.59. The monoisotopic (exact) mass is 120 g/mol. The van der Waals surface area contributed by atoms with Gasteiger partial charge >= 0.3 is 0 Å². The Hall–Kier alpha value is 0. The third kappa shape index (κ3) is 0.189. The smallest absolute Gasteiger partial charge is 0.0173 e. The van der Waals surface area contributed by atoms with Gasteiger partial charge in [-0.15, -0.1) is 0 Å². The molecule has 1 spiro atoms. The van der Waals surface area contributed by atoms with E-state index in [1.54, 1.807) is 32.1 Å². The Morgan fingerprint density at radius 3 is 2.89 bits per heavy atom. The van der Waals surface area contributed by atoms with E-state index in [0.717, 1.165) is 10.8 Å². The molecular weight excluding hydrogens is 108 g/mol. The minimum atomic E-state index is 1.00. The lowest BCUT2D eigenvalue weighted by atomic mass is 9.80. The van der Waals surface area contributed by atoms with Gasteiger partial charge in [0.05, 0.1) is 0 Å². The van der Waals surface area contributed by atoms with Gasteiger partial charge in [0.2, 0.25) is 0 Å². The van der Waals surface area contributed by atoms with Crippen LogP contribution in [0.5, 0.6) is 0 Å². The van der Waals surface area contributed by atoms with Gasteiger partial charge in [0.15, 0.2) is 0 Å². The lowest BCUT2D eigenvalue weighted by Crippen LogP contribution is -2.16. The molecule has 0 aromatic heterocycles. The molecule has 4 aliphatic carbocycles. The van der Waals surface area contributed by atoms with E-state index in [1.165, 1.54) is 11.8 Å². The third-order valence-corrected chi connectivity index (χ3v) is 4.97. The Morgan fingerprint density at radius 2 is 2.22 bits per heavy atom. The highest BCUT2D eigenvalue weighted by Gasteiger charge is 2.93. The second kappa shape index (κ2) is 0.741. The van der Waals surface area contributed by atoms with Gasteiger partial charge in [-0.2, -0.15) is 0 Å². The average molecular weight is 120 g/mol. The van der Waals surface area contributed by atoms with Crippen molar-refractivity contribution in [3.8, 4) is 0 Å². The molecule has 48 valence electrons. The van der Waals surface area contributed by atoms with Crippen LogP contribution in [0.1, 0.15) is 32.1 Å². The first-order chi connectivity index (χ1) is 4.39. The van der Waals surface area contributed by atoms with E-state index in [9.17, 15) is 0 Å². The highest BCUT2D eigenvalue weighted by Crippen LogP contribution is 3.00. The van der Waals surface area contributed by atoms with Gasteiger partial charge < -0.3 is 0 Å². The summed E-state index contributed by atoms with van der Waals surface area (Å²) in [4.78, 5) is 0. The molecule has 4 aliphatic rings. The molecule has 0 nitrogen and oxygen atoms in total. The third-order valence-electron chi connectivity index (χ3n) is 4.97. The van der Waals surface area contributed by atoms with Crippen LogP contribution in [0, 0.1) is 22.7 Å². The van der Waals surface area contributed by atoms with Crippen LogP contribution in [-0.4, -0.2) is 0 Å². The van der Waals surface area contributed by atoms with E-state index >= 15 is 0 Å². The molecule has 0 N–H and O–H groups in total. The van der Waals surface area contributed by atoms with Crippen LogP contribution in [0.3, 0.4) is 0 Å². The van der Waals surface area contributed by atoms with Crippen molar-refractivity contribution in [3.05, 3.63) is 0 Å². The molecule has 0 heteroatoms. The van der Waals surface area contributed by atoms with Gasteiger partial charge in [-0.3, -0.25) is 0 Å². The molecule has 4 saturated carbocycles. The molecule has 9 heavy (non-hydrogen) atoms. The zero-order valence-corrected chi connectivity index (χ0v) is 5.69. The highest BCUT2D eigenvalue weighted by molar-refractivity contribution is 5.41. The van der Waals surface area contributed by atoms with Gasteiger partial charge in [-0.1, -0.05) is 6.42 Å². The van der Waals surface area contributed by atoms with Gasteiger partial charge in [0, 0.05) is 0 Å². The maximum Gasteiger partial charge on any atom is -0.0173 e. The van der Waals surface area contributed by atoms with Crippen LogP contribution >= 0.6 is 0 Å². The quantitative estimate of drug-likeness (QED) is 0.459. The minimum absolute atomic E-state index is 1.00. The second-order valence-electron chi connectivity index (χ2n) is 4.81.